The van der Waals surface area contributed by atoms with Crippen molar-refractivity contribution in [2.24, 2.45) is 0 Å². The maximum atomic E-state index is 12.4. The Bertz CT molecular complexity index is 821. The molecular formula is C15H12N2O3. The van der Waals surface area contributed by atoms with E-state index in [1.54, 1.807) is 25.1 Å². The Morgan fingerprint density at radius 1 is 1.25 bits per heavy atom. The summed E-state index contributed by atoms with van der Waals surface area (Å²) in [6, 6.07) is 6.59. The van der Waals surface area contributed by atoms with Gasteiger partial charge in [0.15, 0.2) is 5.78 Å². The van der Waals surface area contributed by atoms with Crippen LogP contribution in [0.2, 0.25) is 0 Å². The van der Waals surface area contributed by atoms with Gasteiger partial charge < -0.3 is 9.63 Å². The molecule has 0 amide bonds. The van der Waals surface area contributed by atoms with E-state index >= 15 is 0 Å². The van der Waals surface area contributed by atoms with Gasteiger partial charge in [0.05, 0.1) is 16.6 Å². The first kappa shape index (κ1) is 12.3. The molecule has 1 N–H and O–H groups in total. The average molecular weight is 268 g/mol. The number of aryl methyl sites for hydroxylation is 2. The monoisotopic (exact) mass is 268 g/mol. The molecule has 20 heavy (non-hydrogen) atoms. The Labute approximate surface area is 114 Å². The van der Waals surface area contributed by atoms with Gasteiger partial charge in [-0.05, 0) is 32.0 Å². The largest absolute Gasteiger partial charge is 0.507 e. The molecule has 0 saturated carbocycles. The molecule has 0 aliphatic heterocycles. The molecule has 0 aliphatic rings. The van der Waals surface area contributed by atoms with Crippen LogP contribution in [0.25, 0.3) is 11.1 Å². The number of aromatic nitrogens is 2. The summed E-state index contributed by atoms with van der Waals surface area (Å²) in [7, 11) is 0. The predicted molar refractivity (Wildman–Crippen MR) is 72.8 cm³/mol. The minimum atomic E-state index is -0.277. The lowest BCUT2D eigenvalue weighted by Crippen LogP contribution is -2.02. The number of rotatable bonds is 2. The molecule has 0 fully saturated rings. The third-order valence-corrected chi connectivity index (χ3v) is 3.17. The normalized spacial score (nSPS) is 10.9. The third kappa shape index (κ3) is 1.93. The number of pyridine rings is 1. The van der Waals surface area contributed by atoms with Crippen molar-refractivity contribution in [3.63, 3.8) is 0 Å². The molecule has 5 nitrogen and oxygen atoms in total. The Kier molecular flexibility index (Phi) is 2.75. The molecule has 0 bridgehead atoms. The van der Waals surface area contributed by atoms with E-state index in [2.05, 4.69) is 10.1 Å². The Morgan fingerprint density at radius 3 is 2.85 bits per heavy atom. The predicted octanol–water partition coefficient (Wildman–Crippen LogP) is 2.78. The number of hydrogen-bond acceptors (Lipinski definition) is 5. The number of fused-ring (bicyclic) bond motifs is 1. The van der Waals surface area contributed by atoms with Crippen LogP contribution < -0.4 is 0 Å². The SMILES string of the molecule is Cc1ccc(O)c(C(=O)c2cnc3onc(C)c3c2)c1. The number of phenolic OH excluding ortho intramolecular Hbond substituents is 1. The summed E-state index contributed by atoms with van der Waals surface area (Å²) in [6.45, 7) is 3.65. The summed E-state index contributed by atoms with van der Waals surface area (Å²) in [6.07, 6.45) is 1.43. The molecule has 0 aliphatic carbocycles. The fourth-order valence-electron chi connectivity index (χ4n) is 2.06. The lowest BCUT2D eigenvalue weighted by Gasteiger charge is -2.05. The number of nitrogens with zero attached hydrogens (tertiary/aromatic N) is 2. The topological polar surface area (TPSA) is 76.2 Å². The smallest absolute Gasteiger partial charge is 0.257 e. The van der Waals surface area contributed by atoms with Crippen molar-refractivity contribution < 1.29 is 14.4 Å². The van der Waals surface area contributed by atoms with E-state index in [-0.39, 0.29) is 17.1 Å². The molecule has 3 aromatic rings. The zero-order valence-corrected chi connectivity index (χ0v) is 11.0. The standard InChI is InChI=1S/C15H12N2O3/c1-8-3-4-13(18)12(5-8)14(19)10-6-11-9(2)17-20-15(11)16-7-10/h3-7,18H,1-2H3. The summed E-state index contributed by atoms with van der Waals surface area (Å²) in [5.74, 6) is -0.316. The fraction of sp³-hybridized carbons (Fsp3) is 0.133. The van der Waals surface area contributed by atoms with Gasteiger partial charge in [0.2, 0.25) is 0 Å². The van der Waals surface area contributed by atoms with Crippen molar-refractivity contribution in [1.29, 1.82) is 0 Å². The number of carbonyl (C=O) groups excluding carboxylic acids is 1. The Balaban J connectivity index is 2.12. The Hall–Kier alpha value is -2.69. The number of carbonyl (C=O) groups is 1. The Morgan fingerprint density at radius 2 is 2.05 bits per heavy atom. The molecule has 2 aromatic heterocycles. The average Bonchev–Trinajstić information content (AvgIpc) is 2.82. The van der Waals surface area contributed by atoms with Crippen LogP contribution in [0.1, 0.15) is 27.2 Å². The molecular weight excluding hydrogens is 256 g/mol. The number of phenols is 1. The number of aromatic hydroxyl groups is 1. The van der Waals surface area contributed by atoms with E-state index < -0.39 is 0 Å². The zero-order chi connectivity index (χ0) is 14.3. The number of ketones is 1. The highest BCUT2D eigenvalue weighted by molar-refractivity contribution is 6.11. The highest BCUT2D eigenvalue weighted by atomic mass is 16.5. The minimum Gasteiger partial charge on any atom is -0.507 e. The van der Waals surface area contributed by atoms with Crippen molar-refractivity contribution in [3.8, 4) is 5.75 Å². The van der Waals surface area contributed by atoms with Crippen molar-refractivity contribution >= 4 is 16.9 Å². The van der Waals surface area contributed by atoms with Crippen molar-refractivity contribution in [2.75, 3.05) is 0 Å². The second kappa shape index (κ2) is 4.45. The summed E-state index contributed by atoms with van der Waals surface area (Å²) < 4.78 is 5.01. The van der Waals surface area contributed by atoms with Crippen LogP contribution in [-0.2, 0) is 0 Å². The van der Waals surface area contributed by atoms with Crippen molar-refractivity contribution in [3.05, 3.63) is 52.8 Å². The van der Waals surface area contributed by atoms with Gasteiger partial charge in [-0.2, -0.15) is 0 Å². The van der Waals surface area contributed by atoms with Crippen LogP contribution in [0, 0.1) is 13.8 Å². The van der Waals surface area contributed by atoms with Crippen LogP contribution in [0.5, 0.6) is 5.75 Å². The third-order valence-electron chi connectivity index (χ3n) is 3.17. The van der Waals surface area contributed by atoms with Crippen LogP contribution in [0.4, 0.5) is 0 Å². The molecule has 3 rings (SSSR count). The molecule has 0 atom stereocenters. The van der Waals surface area contributed by atoms with Gasteiger partial charge in [-0.25, -0.2) is 4.98 Å². The first-order valence-electron chi connectivity index (χ1n) is 6.12. The zero-order valence-electron chi connectivity index (χ0n) is 11.0. The highest BCUT2D eigenvalue weighted by Gasteiger charge is 2.16. The highest BCUT2D eigenvalue weighted by Crippen LogP contribution is 2.24. The second-order valence-electron chi connectivity index (χ2n) is 4.69. The van der Waals surface area contributed by atoms with Crippen LogP contribution in [-0.4, -0.2) is 21.0 Å². The lowest BCUT2D eigenvalue weighted by atomic mass is 10.0. The van der Waals surface area contributed by atoms with Crippen LogP contribution >= 0.6 is 0 Å². The van der Waals surface area contributed by atoms with Gasteiger partial charge in [0, 0.05) is 11.8 Å². The minimum absolute atomic E-state index is 0.0391. The molecule has 0 unspecified atom stereocenters. The van der Waals surface area contributed by atoms with Gasteiger partial charge in [-0.3, -0.25) is 4.79 Å². The molecule has 5 heteroatoms. The van der Waals surface area contributed by atoms with Crippen LogP contribution in [0.15, 0.2) is 35.0 Å². The van der Waals surface area contributed by atoms with Gasteiger partial charge >= 0.3 is 0 Å². The first-order chi connectivity index (χ1) is 9.56. The second-order valence-corrected chi connectivity index (χ2v) is 4.69. The van der Waals surface area contributed by atoms with E-state index in [1.807, 2.05) is 6.92 Å². The van der Waals surface area contributed by atoms with E-state index in [0.717, 1.165) is 5.56 Å². The van der Waals surface area contributed by atoms with Crippen molar-refractivity contribution in [2.45, 2.75) is 13.8 Å². The molecule has 0 saturated heterocycles. The molecule has 100 valence electrons. The molecule has 0 spiro atoms. The van der Waals surface area contributed by atoms with E-state index in [9.17, 15) is 9.90 Å². The summed E-state index contributed by atoms with van der Waals surface area (Å²) in [5, 5.41) is 14.3. The molecule has 0 radical (unpaired) electrons. The first-order valence-corrected chi connectivity index (χ1v) is 6.12. The summed E-state index contributed by atoms with van der Waals surface area (Å²) >= 11 is 0. The van der Waals surface area contributed by atoms with Crippen LogP contribution in [0.3, 0.4) is 0 Å². The maximum absolute atomic E-state index is 12.4. The van der Waals surface area contributed by atoms with Gasteiger partial charge in [-0.1, -0.05) is 16.8 Å². The van der Waals surface area contributed by atoms with E-state index in [4.69, 9.17) is 4.52 Å². The van der Waals surface area contributed by atoms with E-state index in [1.165, 1.54) is 12.3 Å². The summed E-state index contributed by atoms with van der Waals surface area (Å²) in [5.41, 5.74) is 2.63. The quantitative estimate of drug-likeness (QED) is 0.723. The summed E-state index contributed by atoms with van der Waals surface area (Å²) in [4.78, 5) is 16.5. The fourth-order valence-corrected chi connectivity index (χ4v) is 2.06. The van der Waals surface area contributed by atoms with Gasteiger partial charge in [0.25, 0.3) is 5.71 Å². The molecule has 2 heterocycles. The molecule has 1 aromatic carbocycles. The lowest BCUT2D eigenvalue weighted by molar-refractivity contribution is 0.103. The number of benzene rings is 1. The van der Waals surface area contributed by atoms with Crippen molar-refractivity contribution in [1.82, 2.24) is 10.1 Å². The van der Waals surface area contributed by atoms with Gasteiger partial charge in [0.1, 0.15) is 5.75 Å². The van der Waals surface area contributed by atoms with E-state index in [0.29, 0.717) is 22.4 Å². The van der Waals surface area contributed by atoms with Gasteiger partial charge in [-0.15, -0.1) is 0 Å². The maximum Gasteiger partial charge on any atom is 0.257 e. The number of hydrogen-bond donors (Lipinski definition) is 1.